The highest BCUT2D eigenvalue weighted by molar-refractivity contribution is 5.63. The molecule has 0 spiro atoms. The molecule has 0 aliphatic rings. The molecular weight excluding hydrogens is 172 g/mol. The van der Waals surface area contributed by atoms with Crippen LogP contribution in [0.25, 0.3) is 11.3 Å². The van der Waals surface area contributed by atoms with E-state index in [0.29, 0.717) is 0 Å². The van der Waals surface area contributed by atoms with Gasteiger partial charge in [0.1, 0.15) is 5.82 Å². The molecule has 0 amide bonds. The fourth-order valence-corrected chi connectivity index (χ4v) is 1.67. The van der Waals surface area contributed by atoms with Crippen LogP contribution >= 0.6 is 0 Å². The maximum Gasteiger partial charge on any atom is 0.103 e. The Hall–Kier alpha value is -1.57. The van der Waals surface area contributed by atoms with Gasteiger partial charge in [-0.3, -0.25) is 0 Å². The molecule has 72 valence electrons. The van der Waals surface area contributed by atoms with Gasteiger partial charge in [0, 0.05) is 5.56 Å². The molecule has 1 aromatic heterocycles. The van der Waals surface area contributed by atoms with Crippen molar-refractivity contribution in [3.8, 4) is 11.3 Å². The molecule has 2 heteroatoms. The number of aromatic nitrogens is 2. The van der Waals surface area contributed by atoms with Crippen molar-refractivity contribution in [3.63, 3.8) is 0 Å². The van der Waals surface area contributed by atoms with Gasteiger partial charge in [0.25, 0.3) is 0 Å². The van der Waals surface area contributed by atoms with Crippen LogP contribution in [0.2, 0.25) is 0 Å². The normalized spacial score (nSPS) is 10.5. The molecule has 1 aromatic carbocycles. The van der Waals surface area contributed by atoms with Gasteiger partial charge >= 0.3 is 0 Å². The average molecular weight is 186 g/mol. The molecular formula is C12H14N2. The summed E-state index contributed by atoms with van der Waals surface area (Å²) < 4.78 is 0. The molecule has 2 rings (SSSR count). The fraction of sp³-hybridized carbons (Fsp3) is 0.250. The van der Waals surface area contributed by atoms with Crippen molar-refractivity contribution >= 4 is 0 Å². The van der Waals surface area contributed by atoms with Crippen LogP contribution < -0.4 is 0 Å². The molecule has 0 saturated heterocycles. The van der Waals surface area contributed by atoms with Crippen LogP contribution in [0, 0.1) is 20.8 Å². The van der Waals surface area contributed by atoms with Crippen molar-refractivity contribution in [2.24, 2.45) is 0 Å². The largest absolute Gasteiger partial charge is 0.342 e. The molecule has 1 heterocycles. The summed E-state index contributed by atoms with van der Waals surface area (Å²) >= 11 is 0. The molecule has 1 N–H and O–H groups in total. The molecule has 0 unspecified atom stereocenters. The van der Waals surface area contributed by atoms with Crippen molar-refractivity contribution in [2.75, 3.05) is 0 Å². The third kappa shape index (κ3) is 1.55. The minimum atomic E-state index is 0.958. The second-order valence-electron chi connectivity index (χ2n) is 3.70. The zero-order chi connectivity index (χ0) is 10.1. The topological polar surface area (TPSA) is 28.7 Å². The molecule has 2 nitrogen and oxygen atoms in total. The number of imidazole rings is 1. The summed E-state index contributed by atoms with van der Waals surface area (Å²) in [7, 11) is 0. The van der Waals surface area contributed by atoms with Crippen LogP contribution in [0.4, 0.5) is 0 Å². The Labute approximate surface area is 84.0 Å². The number of hydrogen-bond donors (Lipinski definition) is 1. The number of nitrogens with zero attached hydrogens (tertiary/aromatic N) is 1. The second-order valence-corrected chi connectivity index (χ2v) is 3.70. The van der Waals surface area contributed by atoms with Crippen molar-refractivity contribution in [3.05, 3.63) is 41.3 Å². The fourth-order valence-electron chi connectivity index (χ4n) is 1.67. The molecule has 2 aromatic rings. The van der Waals surface area contributed by atoms with Crippen LogP contribution in [0.15, 0.2) is 24.4 Å². The lowest BCUT2D eigenvalue weighted by atomic mass is 10.0. The Morgan fingerprint density at radius 2 is 1.93 bits per heavy atom. The highest BCUT2D eigenvalue weighted by Crippen LogP contribution is 2.22. The maximum atomic E-state index is 4.20. The van der Waals surface area contributed by atoms with Crippen molar-refractivity contribution < 1.29 is 0 Å². The van der Waals surface area contributed by atoms with Gasteiger partial charge in [-0.15, -0.1) is 0 Å². The third-order valence-electron chi connectivity index (χ3n) is 2.37. The zero-order valence-corrected chi connectivity index (χ0v) is 8.76. The zero-order valence-electron chi connectivity index (χ0n) is 8.76. The van der Waals surface area contributed by atoms with Gasteiger partial charge in [0.15, 0.2) is 0 Å². The summed E-state index contributed by atoms with van der Waals surface area (Å²) in [6, 6.07) is 6.45. The summed E-state index contributed by atoms with van der Waals surface area (Å²) in [4.78, 5) is 7.44. The first-order valence-electron chi connectivity index (χ1n) is 4.76. The van der Waals surface area contributed by atoms with Crippen molar-refractivity contribution in [1.29, 1.82) is 0 Å². The molecule has 14 heavy (non-hydrogen) atoms. The molecule has 0 bridgehead atoms. The Balaban J connectivity index is 2.52. The first kappa shape index (κ1) is 9.00. The number of H-pyrrole nitrogens is 1. The smallest absolute Gasteiger partial charge is 0.103 e. The average Bonchev–Trinajstić information content (AvgIpc) is 2.51. The highest BCUT2D eigenvalue weighted by atomic mass is 14.9. The first-order chi connectivity index (χ1) is 6.66. The molecule has 0 radical (unpaired) electrons. The van der Waals surface area contributed by atoms with Gasteiger partial charge < -0.3 is 4.98 Å². The lowest BCUT2D eigenvalue weighted by molar-refractivity contribution is 1.15. The van der Waals surface area contributed by atoms with Crippen LogP contribution in [0.3, 0.4) is 0 Å². The highest BCUT2D eigenvalue weighted by Gasteiger charge is 2.03. The van der Waals surface area contributed by atoms with Crippen LogP contribution in [-0.2, 0) is 0 Å². The predicted octanol–water partition coefficient (Wildman–Crippen LogP) is 3.00. The van der Waals surface area contributed by atoms with Crippen LogP contribution in [-0.4, -0.2) is 9.97 Å². The number of aryl methyl sites for hydroxylation is 3. The van der Waals surface area contributed by atoms with E-state index in [0.717, 1.165) is 11.5 Å². The SMILES string of the molecule is Cc1ccc(-c2cnc(C)[nH]2)c(C)c1. The summed E-state index contributed by atoms with van der Waals surface area (Å²) in [6.45, 7) is 6.19. The molecule has 0 aliphatic heterocycles. The van der Waals surface area contributed by atoms with Gasteiger partial charge in [-0.05, 0) is 26.3 Å². The lowest BCUT2D eigenvalue weighted by Crippen LogP contribution is -1.84. The molecule has 0 aliphatic carbocycles. The van der Waals surface area contributed by atoms with Gasteiger partial charge in [-0.25, -0.2) is 4.98 Å². The molecule has 0 saturated carbocycles. The van der Waals surface area contributed by atoms with E-state index in [2.05, 4.69) is 42.0 Å². The quantitative estimate of drug-likeness (QED) is 0.728. The summed E-state index contributed by atoms with van der Waals surface area (Å²) in [5.74, 6) is 0.958. The van der Waals surface area contributed by atoms with Crippen LogP contribution in [0.1, 0.15) is 17.0 Å². The van der Waals surface area contributed by atoms with E-state index < -0.39 is 0 Å². The summed E-state index contributed by atoms with van der Waals surface area (Å²) in [6.07, 6.45) is 1.88. The third-order valence-corrected chi connectivity index (χ3v) is 2.37. The van der Waals surface area contributed by atoms with Crippen molar-refractivity contribution in [2.45, 2.75) is 20.8 Å². The molecule has 0 atom stereocenters. The number of aromatic amines is 1. The van der Waals surface area contributed by atoms with Gasteiger partial charge in [0.05, 0.1) is 11.9 Å². The minimum absolute atomic E-state index is 0.958. The number of hydrogen-bond acceptors (Lipinski definition) is 1. The monoisotopic (exact) mass is 186 g/mol. The van der Waals surface area contributed by atoms with E-state index in [9.17, 15) is 0 Å². The van der Waals surface area contributed by atoms with E-state index in [1.807, 2.05) is 13.1 Å². The summed E-state index contributed by atoms with van der Waals surface area (Å²) in [5.41, 5.74) is 4.91. The number of rotatable bonds is 1. The van der Waals surface area contributed by atoms with Gasteiger partial charge in [0.2, 0.25) is 0 Å². The van der Waals surface area contributed by atoms with Crippen molar-refractivity contribution in [1.82, 2.24) is 9.97 Å². The minimum Gasteiger partial charge on any atom is -0.342 e. The standard InChI is InChI=1S/C12H14N2/c1-8-4-5-11(9(2)6-8)12-7-13-10(3)14-12/h4-7H,1-3H3,(H,13,14). The van der Waals surface area contributed by atoms with E-state index in [-0.39, 0.29) is 0 Å². The predicted molar refractivity (Wildman–Crippen MR) is 58.2 cm³/mol. The Kier molecular flexibility index (Phi) is 2.12. The maximum absolute atomic E-state index is 4.20. The Bertz CT molecular complexity index is 455. The first-order valence-corrected chi connectivity index (χ1v) is 4.76. The van der Waals surface area contributed by atoms with Gasteiger partial charge in [-0.2, -0.15) is 0 Å². The Morgan fingerprint density at radius 3 is 2.50 bits per heavy atom. The number of benzene rings is 1. The van der Waals surface area contributed by atoms with Gasteiger partial charge in [-0.1, -0.05) is 23.8 Å². The second kappa shape index (κ2) is 3.29. The summed E-state index contributed by atoms with van der Waals surface area (Å²) in [5, 5.41) is 0. The van der Waals surface area contributed by atoms with E-state index >= 15 is 0 Å². The molecule has 0 fully saturated rings. The lowest BCUT2D eigenvalue weighted by Gasteiger charge is -2.03. The van der Waals surface area contributed by atoms with E-state index in [1.54, 1.807) is 0 Å². The van der Waals surface area contributed by atoms with Crippen LogP contribution in [0.5, 0.6) is 0 Å². The van der Waals surface area contributed by atoms with E-state index in [4.69, 9.17) is 0 Å². The van der Waals surface area contributed by atoms with E-state index in [1.165, 1.54) is 16.7 Å². The number of nitrogens with one attached hydrogen (secondary N) is 1. The Morgan fingerprint density at radius 1 is 1.14 bits per heavy atom.